The molecule has 0 spiro atoms. The molecule has 1 N–H and O–H groups in total. The smallest absolute Gasteiger partial charge is 0.276 e. The maximum atomic E-state index is 12.0. The van der Waals surface area contributed by atoms with E-state index in [-0.39, 0.29) is 12.3 Å². The quantitative estimate of drug-likeness (QED) is 0.634. The molecule has 0 radical (unpaired) electrons. The molecule has 1 aromatic heterocycles. The highest BCUT2D eigenvalue weighted by Crippen LogP contribution is 2.24. The number of carbonyl (C=O) groups excluding carboxylic acids is 1. The minimum Gasteiger partial charge on any atom is -0.411 e. The van der Waals surface area contributed by atoms with Crippen LogP contribution in [0.5, 0.6) is 0 Å². The van der Waals surface area contributed by atoms with Gasteiger partial charge in [-0.05, 0) is 36.4 Å². The number of carbonyl (C=O) groups is 1. The van der Waals surface area contributed by atoms with Crippen molar-refractivity contribution in [2.75, 3.05) is 11.1 Å². The Bertz CT molecular complexity index is 950. The maximum absolute atomic E-state index is 12.0. The molecule has 3 aromatic rings. The molecule has 0 saturated heterocycles. The SMILES string of the molecule is N#Cc1ccccc1NC(=O)CCSc1nnc(-c2ccc(Cl)cc2)o1. The van der Waals surface area contributed by atoms with E-state index in [1.807, 2.05) is 6.07 Å². The summed E-state index contributed by atoms with van der Waals surface area (Å²) in [6, 6.07) is 16.0. The van der Waals surface area contributed by atoms with Crippen LogP contribution in [0.2, 0.25) is 5.02 Å². The molecule has 6 nitrogen and oxygen atoms in total. The van der Waals surface area contributed by atoms with E-state index in [9.17, 15) is 4.79 Å². The molecule has 0 fully saturated rings. The molecule has 1 amide bonds. The van der Waals surface area contributed by atoms with Gasteiger partial charge in [0, 0.05) is 22.8 Å². The van der Waals surface area contributed by atoms with Crippen molar-refractivity contribution >= 4 is 35.0 Å². The van der Waals surface area contributed by atoms with Gasteiger partial charge in [-0.1, -0.05) is 35.5 Å². The fourth-order valence-corrected chi connectivity index (χ4v) is 2.94. The lowest BCUT2D eigenvalue weighted by molar-refractivity contribution is -0.115. The Kier molecular flexibility index (Phi) is 5.89. The lowest BCUT2D eigenvalue weighted by Gasteiger charge is -2.05. The third-order valence-electron chi connectivity index (χ3n) is 3.37. The number of thioether (sulfide) groups is 1. The zero-order chi connectivity index (χ0) is 18.4. The first-order chi connectivity index (χ1) is 12.7. The minimum atomic E-state index is -0.183. The van der Waals surface area contributed by atoms with Crippen LogP contribution >= 0.6 is 23.4 Å². The van der Waals surface area contributed by atoms with Crippen molar-refractivity contribution in [1.29, 1.82) is 5.26 Å². The van der Waals surface area contributed by atoms with Crippen molar-refractivity contribution in [2.45, 2.75) is 11.6 Å². The first kappa shape index (κ1) is 18.0. The van der Waals surface area contributed by atoms with E-state index in [1.165, 1.54) is 11.8 Å². The zero-order valence-electron chi connectivity index (χ0n) is 13.5. The van der Waals surface area contributed by atoms with Gasteiger partial charge in [0.15, 0.2) is 0 Å². The number of para-hydroxylation sites is 1. The lowest BCUT2D eigenvalue weighted by atomic mass is 10.2. The molecule has 0 aliphatic heterocycles. The largest absolute Gasteiger partial charge is 0.411 e. The highest BCUT2D eigenvalue weighted by Gasteiger charge is 2.11. The molecule has 8 heteroatoms. The highest BCUT2D eigenvalue weighted by molar-refractivity contribution is 7.99. The second-order valence-electron chi connectivity index (χ2n) is 5.18. The average Bonchev–Trinajstić information content (AvgIpc) is 3.11. The van der Waals surface area contributed by atoms with Gasteiger partial charge >= 0.3 is 0 Å². The van der Waals surface area contributed by atoms with Gasteiger partial charge < -0.3 is 9.73 Å². The number of amides is 1. The maximum Gasteiger partial charge on any atom is 0.276 e. The van der Waals surface area contributed by atoms with Crippen LogP contribution in [0.3, 0.4) is 0 Å². The molecular formula is C18H13ClN4O2S. The average molecular weight is 385 g/mol. The first-order valence-electron chi connectivity index (χ1n) is 7.67. The molecular weight excluding hydrogens is 372 g/mol. The van der Waals surface area contributed by atoms with Crippen LogP contribution in [-0.2, 0) is 4.79 Å². The standard InChI is InChI=1S/C18H13ClN4O2S/c19-14-7-5-12(6-8-14)17-22-23-18(25-17)26-10-9-16(24)21-15-4-2-1-3-13(15)11-20/h1-8H,9-10H2,(H,21,24). The molecule has 0 bridgehead atoms. The molecule has 0 atom stereocenters. The summed E-state index contributed by atoms with van der Waals surface area (Å²) in [5, 5.41) is 20.7. The van der Waals surface area contributed by atoms with E-state index in [0.29, 0.717) is 33.1 Å². The molecule has 2 aromatic carbocycles. The number of hydrogen-bond donors (Lipinski definition) is 1. The van der Waals surface area contributed by atoms with Crippen LogP contribution in [0.25, 0.3) is 11.5 Å². The number of benzene rings is 2. The van der Waals surface area contributed by atoms with Gasteiger partial charge in [0.05, 0.1) is 11.3 Å². The van der Waals surface area contributed by atoms with E-state index in [0.717, 1.165) is 5.56 Å². The third kappa shape index (κ3) is 4.63. The number of rotatable bonds is 6. The van der Waals surface area contributed by atoms with E-state index in [2.05, 4.69) is 15.5 Å². The number of nitrogens with zero attached hydrogens (tertiary/aromatic N) is 3. The van der Waals surface area contributed by atoms with E-state index in [4.69, 9.17) is 21.3 Å². The summed E-state index contributed by atoms with van der Waals surface area (Å²) in [4.78, 5) is 12.0. The molecule has 0 aliphatic carbocycles. The summed E-state index contributed by atoms with van der Waals surface area (Å²) >= 11 is 7.15. The monoisotopic (exact) mass is 384 g/mol. The molecule has 1 heterocycles. The van der Waals surface area contributed by atoms with E-state index < -0.39 is 0 Å². The predicted molar refractivity (Wildman–Crippen MR) is 99.9 cm³/mol. The number of nitrogens with one attached hydrogen (secondary N) is 1. The van der Waals surface area contributed by atoms with E-state index in [1.54, 1.807) is 48.5 Å². The first-order valence-corrected chi connectivity index (χ1v) is 9.03. The Balaban J connectivity index is 1.51. The number of halogens is 1. The van der Waals surface area contributed by atoms with Crippen LogP contribution in [0.15, 0.2) is 58.2 Å². The topological polar surface area (TPSA) is 91.8 Å². The Morgan fingerprint density at radius 2 is 1.96 bits per heavy atom. The van der Waals surface area contributed by atoms with Gasteiger partial charge in [-0.2, -0.15) is 5.26 Å². The van der Waals surface area contributed by atoms with Gasteiger partial charge in [0.1, 0.15) is 6.07 Å². The fourth-order valence-electron chi connectivity index (χ4n) is 2.11. The number of aromatic nitrogens is 2. The van der Waals surface area contributed by atoms with Crippen molar-refractivity contribution in [3.63, 3.8) is 0 Å². The third-order valence-corrected chi connectivity index (χ3v) is 4.45. The Morgan fingerprint density at radius 3 is 2.73 bits per heavy atom. The summed E-state index contributed by atoms with van der Waals surface area (Å²) in [6.45, 7) is 0. The molecule has 0 aliphatic rings. The van der Waals surface area contributed by atoms with Gasteiger partial charge in [-0.25, -0.2) is 0 Å². The Labute approximate surface area is 159 Å². The fraction of sp³-hybridized carbons (Fsp3) is 0.111. The van der Waals surface area contributed by atoms with Crippen LogP contribution in [-0.4, -0.2) is 21.9 Å². The van der Waals surface area contributed by atoms with Crippen LogP contribution < -0.4 is 5.32 Å². The number of anilines is 1. The summed E-state index contributed by atoms with van der Waals surface area (Å²) in [5.41, 5.74) is 1.71. The summed E-state index contributed by atoms with van der Waals surface area (Å²) in [5.74, 6) is 0.692. The zero-order valence-corrected chi connectivity index (χ0v) is 15.0. The second kappa shape index (κ2) is 8.52. The van der Waals surface area contributed by atoms with Crippen molar-refractivity contribution < 1.29 is 9.21 Å². The molecule has 3 rings (SSSR count). The van der Waals surface area contributed by atoms with E-state index >= 15 is 0 Å². The van der Waals surface area contributed by atoms with Gasteiger partial charge in [-0.15, -0.1) is 10.2 Å². The van der Waals surface area contributed by atoms with Crippen LogP contribution in [0.1, 0.15) is 12.0 Å². The summed E-state index contributed by atoms with van der Waals surface area (Å²) in [6.07, 6.45) is 0.253. The second-order valence-corrected chi connectivity index (χ2v) is 6.67. The van der Waals surface area contributed by atoms with Crippen LogP contribution in [0.4, 0.5) is 5.69 Å². The predicted octanol–water partition coefficient (Wildman–Crippen LogP) is 4.38. The molecule has 26 heavy (non-hydrogen) atoms. The Morgan fingerprint density at radius 1 is 1.19 bits per heavy atom. The van der Waals surface area contributed by atoms with Crippen LogP contribution in [0, 0.1) is 11.3 Å². The normalized spacial score (nSPS) is 10.3. The van der Waals surface area contributed by atoms with Gasteiger partial charge in [0.25, 0.3) is 5.22 Å². The van der Waals surface area contributed by atoms with Crippen molar-refractivity contribution in [1.82, 2.24) is 10.2 Å². The van der Waals surface area contributed by atoms with Crippen molar-refractivity contribution in [3.05, 3.63) is 59.1 Å². The Hall–Kier alpha value is -2.82. The molecule has 0 saturated carbocycles. The van der Waals surface area contributed by atoms with Gasteiger partial charge in [0.2, 0.25) is 11.8 Å². The van der Waals surface area contributed by atoms with Crippen molar-refractivity contribution in [2.24, 2.45) is 0 Å². The molecule has 130 valence electrons. The molecule has 0 unspecified atom stereocenters. The summed E-state index contributed by atoms with van der Waals surface area (Å²) < 4.78 is 5.57. The summed E-state index contributed by atoms with van der Waals surface area (Å²) in [7, 11) is 0. The lowest BCUT2D eigenvalue weighted by Crippen LogP contribution is -2.13. The minimum absolute atomic E-state index is 0.183. The number of hydrogen-bond acceptors (Lipinski definition) is 6. The van der Waals surface area contributed by atoms with Crippen molar-refractivity contribution in [3.8, 4) is 17.5 Å². The highest BCUT2D eigenvalue weighted by atomic mass is 35.5. The van der Waals surface area contributed by atoms with Gasteiger partial charge in [-0.3, -0.25) is 4.79 Å². The number of nitriles is 1.